The fourth-order valence-electron chi connectivity index (χ4n) is 1.58. The molecule has 1 radical (unpaired) electrons. The maximum absolute atomic E-state index is 4.57. The summed E-state index contributed by atoms with van der Waals surface area (Å²) in [6.45, 7) is 6.02. The third kappa shape index (κ3) is 2.29. The van der Waals surface area contributed by atoms with E-state index in [-0.39, 0.29) is 0 Å². The Morgan fingerprint density at radius 1 is 1.60 bits per heavy atom. The molecule has 0 amide bonds. The minimum atomic E-state index is 0.389. The van der Waals surface area contributed by atoms with Crippen LogP contribution in [0.2, 0.25) is 0 Å². The highest BCUT2D eigenvalue weighted by Crippen LogP contribution is 2.26. The Morgan fingerprint density at radius 3 is 3.13 bits per heavy atom. The number of imidazole rings is 1. The van der Waals surface area contributed by atoms with E-state index in [2.05, 4.69) is 41.3 Å². The summed E-state index contributed by atoms with van der Waals surface area (Å²) in [5, 5.41) is 2.11. The van der Waals surface area contributed by atoms with Gasteiger partial charge in [-0.25, -0.2) is 4.98 Å². The zero-order valence-corrected chi connectivity index (χ0v) is 9.68. The molecular weight excluding hydrogens is 204 g/mol. The number of aryl methyl sites for hydroxylation is 1. The molecule has 1 N–H and O–H groups in total. The summed E-state index contributed by atoms with van der Waals surface area (Å²) in [7, 11) is 0. The molecular formula is C12H15N2S. The monoisotopic (exact) mass is 219 g/mol. The first-order valence-electron chi connectivity index (χ1n) is 5.18. The lowest BCUT2D eigenvalue weighted by Crippen LogP contribution is -1.94. The molecule has 1 atom stereocenters. The van der Waals surface area contributed by atoms with Crippen LogP contribution in [0.4, 0.5) is 0 Å². The Labute approximate surface area is 94.4 Å². The SMILES string of the molecule is [CH2]CCc1nc(C(C)c2cccs2)c[nH]1. The molecule has 0 aliphatic rings. The van der Waals surface area contributed by atoms with E-state index in [4.69, 9.17) is 0 Å². The number of hydrogen-bond donors (Lipinski definition) is 1. The van der Waals surface area contributed by atoms with Crippen LogP contribution in [0, 0.1) is 6.92 Å². The zero-order chi connectivity index (χ0) is 10.7. The summed E-state index contributed by atoms with van der Waals surface area (Å²) in [6, 6.07) is 4.24. The van der Waals surface area contributed by atoms with Crippen LogP contribution < -0.4 is 0 Å². The lowest BCUT2D eigenvalue weighted by Gasteiger charge is -2.04. The van der Waals surface area contributed by atoms with Crippen LogP contribution in [0.1, 0.15) is 35.7 Å². The summed E-state index contributed by atoms with van der Waals surface area (Å²) in [6.07, 6.45) is 3.83. The Morgan fingerprint density at radius 2 is 2.47 bits per heavy atom. The topological polar surface area (TPSA) is 28.7 Å². The van der Waals surface area contributed by atoms with Gasteiger partial charge in [0.1, 0.15) is 5.82 Å². The fourth-order valence-corrected chi connectivity index (χ4v) is 2.37. The van der Waals surface area contributed by atoms with Crippen LogP contribution in [-0.4, -0.2) is 9.97 Å². The van der Waals surface area contributed by atoms with Crippen molar-refractivity contribution in [1.82, 2.24) is 9.97 Å². The van der Waals surface area contributed by atoms with Crippen molar-refractivity contribution >= 4 is 11.3 Å². The molecule has 0 spiro atoms. The highest BCUT2D eigenvalue weighted by Gasteiger charge is 2.12. The van der Waals surface area contributed by atoms with Crippen LogP contribution in [0.25, 0.3) is 0 Å². The summed E-state index contributed by atoms with van der Waals surface area (Å²) < 4.78 is 0. The Bertz CT molecular complexity index is 403. The summed E-state index contributed by atoms with van der Waals surface area (Å²) in [5.74, 6) is 1.43. The van der Waals surface area contributed by atoms with Gasteiger partial charge in [-0.1, -0.05) is 19.9 Å². The molecule has 0 saturated heterocycles. The Kier molecular flexibility index (Phi) is 3.21. The van der Waals surface area contributed by atoms with Crippen LogP contribution in [0.5, 0.6) is 0 Å². The van der Waals surface area contributed by atoms with Crippen LogP contribution in [0.3, 0.4) is 0 Å². The van der Waals surface area contributed by atoms with Crippen molar-refractivity contribution in [3.8, 4) is 0 Å². The number of nitrogens with one attached hydrogen (secondary N) is 1. The molecule has 0 aliphatic carbocycles. The molecule has 0 fully saturated rings. The summed E-state index contributed by atoms with van der Waals surface area (Å²) in [4.78, 5) is 9.13. The Hall–Kier alpha value is -1.09. The summed E-state index contributed by atoms with van der Waals surface area (Å²) >= 11 is 1.78. The van der Waals surface area contributed by atoms with Gasteiger partial charge in [-0.2, -0.15) is 0 Å². The second-order valence-corrected chi connectivity index (χ2v) is 4.59. The van der Waals surface area contributed by atoms with Crippen molar-refractivity contribution in [3.63, 3.8) is 0 Å². The predicted molar refractivity (Wildman–Crippen MR) is 64.1 cm³/mol. The van der Waals surface area contributed by atoms with Gasteiger partial charge in [0.05, 0.1) is 5.69 Å². The molecule has 0 aromatic carbocycles. The van der Waals surface area contributed by atoms with Gasteiger partial charge in [0.15, 0.2) is 0 Å². The average Bonchev–Trinajstić information content (AvgIpc) is 2.87. The number of aromatic nitrogens is 2. The second-order valence-electron chi connectivity index (χ2n) is 3.61. The normalized spacial score (nSPS) is 12.9. The molecule has 3 heteroatoms. The largest absolute Gasteiger partial charge is 0.348 e. The highest BCUT2D eigenvalue weighted by atomic mass is 32.1. The van der Waals surface area contributed by atoms with E-state index < -0.39 is 0 Å². The van der Waals surface area contributed by atoms with Gasteiger partial charge in [0, 0.05) is 23.4 Å². The minimum absolute atomic E-state index is 0.389. The van der Waals surface area contributed by atoms with E-state index in [0.717, 1.165) is 24.4 Å². The maximum atomic E-state index is 4.57. The first-order chi connectivity index (χ1) is 7.31. The number of H-pyrrole nitrogens is 1. The number of rotatable bonds is 4. The maximum Gasteiger partial charge on any atom is 0.106 e. The molecule has 0 saturated carbocycles. The molecule has 0 aliphatic heterocycles. The van der Waals surface area contributed by atoms with Crippen molar-refractivity contribution in [1.29, 1.82) is 0 Å². The second kappa shape index (κ2) is 4.62. The molecule has 2 aromatic heterocycles. The first-order valence-corrected chi connectivity index (χ1v) is 6.06. The summed E-state index contributed by atoms with van der Waals surface area (Å²) in [5.41, 5.74) is 1.13. The van der Waals surface area contributed by atoms with Crippen molar-refractivity contribution in [3.05, 3.63) is 47.0 Å². The van der Waals surface area contributed by atoms with Gasteiger partial charge in [-0.15, -0.1) is 11.3 Å². The molecule has 1 unspecified atom stereocenters. The molecule has 2 heterocycles. The minimum Gasteiger partial charge on any atom is -0.348 e. The van der Waals surface area contributed by atoms with Gasteiger partial charge >= 0.3 is 0 Å². The van der Waals surface area contributed by atoms with Gasteiger partial charge in [-0.3, -0.25) is 0 Å². The third-order valence-electron chi connectivity index (χ3n) is 2.48. The van der Waals surface area contributed by atoms with Gasteiger partial charge in [-0.05, 0) is 17.9 Å². The standard InChI is InChI=1S/C12H15N2S/c1-3-5-12-13-8-10(14-12)9(2)11-6-4-7-15-11/h4,6-9H,1,3,5H2,2H3,(H,13,14). The molecule has 2 rings (SSSR count). The smallest absolute Gasteiger partial charge is 0.106 e. The van der Waals surface area contributed by atoms with E-state index in [1.165, 1.54) is 4.88 Å². The molecule has 15 heavy (non-hydrogen) atoms. The van der Waals surface area contributed by atoms with E-state index in [0.29, 0.717) is 5.92 Å². The van der Waals surface area contributed by atoms with Gasteiger partial charge in [0.2, 0.25) is 0 Å². The fraction of sp³-hybridized carbons (Fsp3) is 0.333. The van der Waals surface area contributed by atoms with Crippen molar-refractivity contribution < 1.29 is 0 Å². The van der Waals surface area contributed by atoms with E-state index in [1.807, 2.05) is 6.20 Å². The van der Waals surface area contributed by atoms with E-state index in [9.17, 15) is 0 Å². The van der Waals surface area contributed by atoms with Gasteiger partial charge in [0.25, 0.3) is 0 Å². The molecule has 0 bridgehead atoms. The van der Waals surface area contributed by atoms with Crippen LogP contribution in [-0.2, 0) is 6.42 Å². The predicted octanol–water partition coefficient (Wildman–Crippen LogP) is 3.39. The van der Waals surface area contributed by atoms with Crippen molar-refractivity contribution in [2.75, 3.05) is 0 Å². The number of thiophene rings is 1. The quantitative estimate of drug-likeness (QED) is 0.839. The lowest BCUT2D eigenvalue weighted by molar-refractivity contribution is 0.864. The molecule has 79 valence electrons. The molecule has 2 aromatic rings. The molecule has 2 nitrogen and oxygen atoms in total. The van der Waals surface area contributed by atoms with Crippen LogP contribution >= 0.6 is 11.3 Å². The van der Waals surface area contributed by atoms with Crippen molar-refractivity contribution in [2.24, 2.45) is 0 Å². The van der Waals surface area contributed by atoms with E-state index >= 15 is 0 Å². The third-order valence-corrected chi connectivity index (χ3v) is 3.53. The van der Waals surface area contributed by atoms with E-state index in [1.54, 1.807) is 11.3 Å². The van der Waals surface area contributed by atoms with Gasteiger partial charge < -0.3 is 4.98 Å². The highest BCUT2D eigenvalue weighted by molar-refractivity contribution is 7.10. The first kappa shape index (κ1) is 10.4. The zero-order valence-electron chi connectivity index (χ0n) is 8.86. The Balaban J connectivity index is 2.15. The number of aromatic amines is 1. The lowest BCUT2D eigenvalue weighted by atomic mass is 10.1. The van der Waals surface area contributed by atoms with Crippen molar-refractivity contribution in [2.45, 2.75) is 25.7 Å². The average molecular weight is 219 g/mol. The van der Waals surface area contributed by atoms with Crippen LogP contribution in [0.15, 0.2) is 23.7 Å². The number of nitrogens with zero attached hydrogens (tertiary/aromatic N) is 1. The number of hydrogen-bond acceptors (Lipinski definition) is 2.